The van der Waals surface area contributed by atoms with Crippen LogP contribution < -0.4 is 10.5 Å². The Labute approximate surface area is 289 Å². The van der Waals surface area contributed by atoms with Gasteiger partial charge in [-0.05, 0) is 67.3 Å². The van der Waals surface area contributed by atoms with Crippen molar-refractivity contribution >= 4 is 50.8 Å². The first-order valence-corrected chi connectivity index (χ1v) is 17.6. The molecule has 0 fully saturated rings. The van der Waals surface area contributed by atoms with E-state index in [0.717, 1.165) is 24.1 Å². The number of unbranched alkanes of at least 4 members (excludes halogenated alkanes) is 1. The number of amides is 1. The van der Waals surface area contributed by atoms with Crippen molar-refractivity contribution in [1.82, 2.24) is 14.5 Å². The Balaban J connectivity index is 1.51. The van der Waals surface area contributed by atoms with Crippen LogP contribution in [0, 0.1) is 0 Å². The van der Waals surface area contributed by atoms with E-state index in [-0.39, 0.29) is 27.8 Å². The van der Waals surface area contributed by atoms with Gasteiger partial charge in [0, 0.05) is 23.2 Å². The fraction of sp³-hybridized carbons (Fsp3) is 0.194. The number of aromatic nitrogens is 2. The molecule has 0 aliphatic rings. The van der Waals surface area contributed by atoms with E-state index in [1.165, 1.54) is 22.9 Å². The fourth-order valence-electron chi connectivity index (χ4n) is 5.32. The van der Waals surface area contributed by atoms with Crippen LogP contribution in [-0.4, -0.2) is 36.7 Å². The van der Waals surface area contributed by atoms with Crippen molar-refractivity contribution < 1.29 is 22.7 Å². The zero-order chi connectivity index (χ0) is 34.4. The van der Waals surface area contributed by atoms with Gasteiger partial charge in [0.25, 0.3) is 15.9 Å². The van der Waals surface area contributed by atoms with E-state index in [1.54, 1.807) is 67.6 Å². The number of nitrogens with one attached hydrogen (secondary N) is 1. The number of hydrogen-bond donors (Lipinski definition) is 2. The number of ether oxygens (including phenoxy) is 1. The third-order valence-corrected chi connectivity index (χ3v) is 9.71. The van der Waals surface area contributed by atoms with Crippen molar-refractivity contribution in [1.29, 1.82) is 0 Å². The Morgan fingerprint density at radius 3 is 2.33 bits per heavy atom. The summed E-state index contributed by atoms with van der Waals surface area (Å²) in [7, 11) is -4.27. The van der Waals surface area contributed by atoms with E-state index in [2.05, 4.69) is 11.6 Å². The summed E-state index contributed by atoms with van der Waals surface area (Å²) >= 11 is 12.7. The topological polar surface area (TPSA) is 133 Å². The summed E-state index contributed by atoms with van der Waals surface area (Å²) in [6.07, 6.45) is 2.76. The zero-order valence-corrected chi connectivity index (χ0v) is 28.7. The summed E-state index contributed by atoms with van der Waals surface area (Å²) in [5.41, 5.74) is 10.7. The number of esters is 1. The molecule has 1 amide bonds. The van der Waals surface area contributed by atoms with Gasteiger partial charge in [-0.15, -0.1) is 0 Å². The van der Waals surface area contributed by atoms with E-state index in [4.69, 9.17) is 38.8 Å². The average molecular weight is 706 g/mol. The van der Waals surface area contributed by atoms with Crippen LogP contribution in [0.15, 0.2) is 95.9 Å². The molecule has 0 unspecified atom stereocenters. The van der Waals surface area contributed by atoms with Crippen molar-refractivity contribution in [2.45, 2.75) is 44.4 Å². The Bertz CT molecular complexity index is 2080. The van der Waals surface area contributed by atoms with Crippen molar-refractivity contribution in [3.05, 3.63) is 129 Å². The highest BCUT2D eigenvalue weighted by Crippen LogP contribution is 2.31. The van der Waals surface area contributed by atoms with Gasteiger partial charge in [0.2, 0.25) is 0 Å². The van der Waals surface area contributed by atoms with E-state index in [1.807, 2.05) is 12.1 Å². The predicted molar refractivity (Wildman–Crippen MR) is 188 cm³/mol. The zero-order valence-electron chi connectivity index (χ0n) is 26.4. The van der Waals surface area contributed by atoms with Crippen molar-refractivity contribution in [3.8, 4) is 16.8 Å². The Hall–Kier alpha value is -4.64. The number of nitrogens with zero attached hydrogens (tertiary/aromatic N) is 2. The second-order valence-corrected chi connectivity index (χ2v) is 13.5. The summed E-state index contributed by atoms with van der Waals surface area (Å²) in [6, 6.07) is 25.0. The number of nitrogen functional groups attached to an aromatic ring is 1. The largest absolute Gasteiger partial charge is 0.461 e. The van der Waals surface area contributed by atoms with Gasteiger partial charge < -0.3 is 10.5 Å². The summed E-state index contributed by atoms with van der Waals surface area (Å²) in [5.74, 6) is -1.36. The van der Waals surface area contributed by atoms with Crippen LogP contribution >= 0.6 is 23.2 Å². The highest BCUT2D eigenvalue weighted by atomic mass is 35.5. The molecule has 5 aromatic rings. The van der Waals surface area contributed by atoms with Crippen LogP contribution in [0.3, 0.4) is 0 Å². The van der Waals surface area contributed by atoms with Crippen LogP contribution in [-0.2, 0) is 27.6 Å². The number of halogens is 2. The summed E-state index contributed by atoms with van der Waals surface area (Å²) in [5, 5.41) is 5.36. The monoisotopic (exact) mass is 704 g/mol. The normalized spacial score (nSPS) is 11.3. The number of nitrogens with two attached hydrogens (primary N) is 1. The van der Waals surface area contributed by atoms with Gasteiger partial charge in [0.1, 0.15) is 0 Å². The molecule has 0 saturated carbocycles. The molecule has 248 valence electrons. The van der Waals surface area contributed by atoms with Gasteiger partial charge in [-0.1, -0.05) is 91.1 Å². The molecule has 0 atom stereocenters. The lowest BCUT2D eigenvalue weighted by Crippen LogP contribution is -2.31. The van der Waals surface area contributed by atoms with Gasteiger partial charge in [0.05, 0.1) is 38.5 Å². The van der Waals surface area contributed by atoms with Crippen LogP contribution in [0.2, 0.25) is 10.0 Å². The van der Waals surface area contributed by atoms with Gasteiger partial charge in [-0.25, -0.2) is 22.6 Å². The number of anilines is 1. The molecule has 12 heteroatoms. The van der Waals surface area contributed by atoms with Crippen LogP contribution in [0.4, 0.5) is 5.69 Å². The highest BCUT2D eigenvalue weighted by molar-refractivity contribution is 7.90. The number of benzene rings is 4. The van der Waals surface area contributed by atoms with Crippen molar-refractivity contribution in [3.63, 3.8) is 0 Å². The second-order valence-electron chi connectivity index (χ2n) is 11.0. The fourth-order valence-corrected chi connectivity index (χ4v) is 6.94. The minimum atomic E-state index is -4.27. The quantitative estimate of drug-likeness (QED) is 0.101. The van der Waals surface area contributed by atoms with Gasteiger partial charge in [-0.3, -0.25) is 4.79 Å². The SMILES string of the molecule is CCCCc1nn(-c2cc(N)ccc2Cl)c(C(=O)OCC)c1Cc1ccc(-c2ccccc2S(=O)(=O)NC(=O)c2ccccc2Cl)cc1. The van der Waals surface area contributed by atoms with E-state index >= 15 is 0 Å². The number of carbonyl (C=O) groups is 2. The minimum absolute atomic E-state index is 0.0476. The molecule has 0 bridgehead atoms. The van der Waals surface area contributed by atoms with Crippen molar-refractivity contribution in [2.75, 3.05) is 12.3 Å². The number of sulfonamides is 1. The minimum Gasteiger partial charge on any atom is -0.461 e. The Kier molecular flexibility index (Phi) is 10.9. The first kappa shape index (κ1) is 34.7. The molecule has 4 aromatic carbocycles. The average Bonchev–Trinajstić information content (AvgIpc) is 3.42. The molecule has 0 saturated heterocycles. The predicted octanol–water partition coefficient (Wildman–Crippen LogP) is 7.66. The highest BCUT2D eigenvalue weighted by Gasteiger charge is 2.27. The Morgan fingerprint density at radius 1 is 0.917 bits per heavy atom. The van der Waals surface area contributed by atoms with Gasteiger partial charge >= 0.3 is 5.97 Å². The lowest BCUT2D eigenvalue weighted by atomic mass is 9.97. The number of hydrogen-bond acceptors (Lipinski definition) is 7. The van der Waals surface area contributed by atoms with E-state index in [9.17, 15) is 18.0 Å². The molecule has 0 spiro atoms. The summed E-state index contributed by atoms with van der Waals surface area (Å²) in [4.78, 5) is 26.2. The molecule has 1 heterocycles. The molecule has 5 rings (SSSR count). The molecule has 1 aromatic heterocycles. The third-order valence-electron chi connectivity index (χ3n) is 7.67. The summed E-state index contributed by atoms with van der Waals surface area (Å²) in [6.45, 7) is 3.99. The molecule has 0 radical (unpaired) electrons. The Morgan fingerprint density at radius 2 is 1.62 bits per heavy atom. The maximum absolute atomic E-state index is 13.4. The third kappa shape index (κ3) is 7.57. The van der Waals surface area contributed by atoms with E-state index < -0.39 is 21.9 Å². The first-order chi connectivity index (χ1) is 23.0. The lowest BCUT2D eigenvalue weighted by molar-refractivity contribution is 0.0514. The maximum atomic E-state index is 13.4. The summed E-state index contributed by atoms with van der Waals surface area (Å²) < 4.78 is 36.0. The molecule has 0 aliphatic heterocycles. The number of carbonyl (C=O) groups excluding carboxylic acids is 2. The molecule has 0 aliphatic carbocycles. The van der Waals surface area contributed by atoms with Crippen LogP contribution in [0.5, 0.6) is 0 Å². The van der Waals surface area contributed by atoms with Crippen LogP contribution in [0.1, 0.15) is 64.4 Å². The maximum Gasteiger partial charge on any atom is 0.357 e. The molecule has 9 nitrogen and oxygen atoms in total. The van der Waals surface area contributed by atoms with Crippen LogP contribution in [0.25, 0.3) is 16.8 Å². The number of aryl methyl sites for hydroxylation is 1. The standard InChI is InChI=1S/C36H34Cl2N4O5S/c1-3-5-13-31-28(34(36(44)47-4-2)42(40-31)32-22-25(39)19-20-30(32)38)21-23-15-17-24(18-16-23)26-10-7-9-14-33(26)48(45,46)41-35(43)27-11-6-8-12-29(27)37/h6-12,14-20,22H,3-5,13,21,39H2,1-2H3,(H,41,43). The number of rotatable bonds is 12. The van der Waals surface area contributed by atoms with Gasteiger partial charge in [-0.2, -0.15) is 5.10 Å². The van der Waals surface area contributed by atoms with E-state index in [0.29, 0.717) is 45.9 Å². The van der Waals surface area contributed by atoms with Crippen molar-refractivity contribution in [2.24, 2.45) is 0 Å². The molecule has 48 heavy (non-hydrogen) atoms. The molecule has 3 N–H and O–H groups in total. The van der Waals surface area contributed by atoms with Gasteiger partial charge in [0.15, 0.2) is 5.69 Å². The lowest BCUT2D eigenvalue weighted by Gasteiger charge is -2.13. The smallest absolute Gasteiger partial charge is 0.357 e. The first-order valence-electron chi connectivity index (χ1n) is 15.4. The molecular weight excluding hydrogens is 671 g/mol. The molecular formula is C36H34Cl2N4O5S. The second kappa shape index (κ2) is 15.1.